The maximum atomic E-state index is 5.93. The smallest absolute Gasteiger partial charge is 0.155 e. The number of nitrogens with zero attached hydrogens (tertiary/aromatic N) is 4. The minimum Gasteiger partial charge on any atom is -0.496 e. The Morgan fingerprint density at radius 1 is 1.33 bits per heavy atom. The van der Waals surface area contributed by atoms with Gasteiger partial charge in [-0.2, -0.15) is 0 Å². The predicted molar refractivity (Wildman–Crippen MR) is 97.8 cm³/mol. The highest BCUT2D eigenvalue weighted by Crippen LogP contribution is 2.35. The minimum absolute atomic E-state index is 0.310. The number of rotatable bonds is 3. The molecule has 2 N–H and O–H groups in total. The summed E-state index contributed by atoms with van der Waals surface area (Å²) in [5.74, 6) is 2.35. The van der Waals surface area contributed by atoms with Gasteiger partial charge in [-0.15, -0.1) is 0 Å². The summed E-state index contributed by atoms with van der Waals surface area (Å²) in [5.41, 5.74) is 10.2. The zero-order chi connectivity index (χ0) is 17.4. The largest absolute Gasteiger partial charge is 0.496 e. The zero-order valence-electron chi connectivity index (χ0n) is 15.0. The van der Waals surface area contributed by atoms with Gasteiger partial charge in [0.1, 0.15) is 11.6 Å². The van der Waals surface area contributed by atoms with Gasteiger partial charge in [-0.25, -0.2) is 4.98 Å². The van der Waals surface area contributed by atoms with E-state index in [9.17, 15) is 0 Å². The number of nitrogen functional groups attached to an aromatic ring is 1. The number of fused-ring (bicyclic) bond motifs is 1. The molecule has 2 aromatic heterocycles. The van der Waals surface area contributed by atoms with Crippen LogP contribution in [0.4, 0.5) is 17.3 Å². The molecule has 0 aromatic carbocycles. The maximum absolute atomic E-state index is 5.93. The van der Waals surface area contributed by atoms with Gasteiger partial charge in [0, 0.05) is 37.0 Å². The Labute approximate surface area is 143 Å². The molecule has 6 heteroatoms. The van der Waals surface area contributed by atoms with E-state index in [0.29, 0.717) is 18.4 Å². The second-order valence-corrected chi connectivity index (χ2v) is 6.48. The number of anilines is 3. The molecule has 0 aliphatic carbocycles. The topological polar surface area (TPSA) is 67.5 Å². The number of hydrogen-bond acceptors (Lipinski definition) is 6. The van der Waals surface area contributed by atoms with Crippen molar-refractivity contribution in [2.75, 3.05) is 36.2 Å². The normalized spacial score (nSPS) is 17.0. The Bertz CT molecular complexity index is 761. The van der Waals surface area contributed by atoms with Crippen molar-refractivity contribution in [1.82, 2.24) is 9.97 Å². The summed E-state index contributed by atoms with van der Waals surface area (Å²) in [5, 5.41) is 0. The third kappa shape index (κ3) is 2.72. The van der Waals surface area contributed by atoms with Crippen LogP contribution in [0.25, 0.3) is 0 Å². The van der Waals surface area contributed by atoms with Crippen molar-refractivity contribution in [3.63, 3.8) is 0 Å². The number of aromatic nitrogens is 2. The van der Waals surface area contributed by atoms with E-state index in [2.05, 4.69) is 40.7 Å². The van der Waals surface area contributed by atoms with Gasteiger partial charge in [0.05, 0.1) is 25.0 Å². The SMILES string of the molecule is COc1c(C)cnc(CN2c3nc(N)ccc3N(C)C[C@H]2C)c1C. The molecule has 3 rings (SSSR count). The van der Waals surface area contributed by atoms with E-state index >= 15 is 0 Å². The Morgan fingerprint density at radius 2 is 2.08 bits per heavy atom. The van der Waals surface area contributed by atoms with Gasteiger partial charge in [-0.1, -0.05) is 0 Å². The Hall–Kier alpha value is -2.50. The first-order chi connectivity index (χ1) is 11.4. The van der Waals surface area contributed by atoms with E-state index in [1.165, 1.54) is 0 Å². The van der Waals surface area contributed by atoms with Crippen molar-refractivity contribution in [3.8, 4) is 5.75 Å². The summed E-state index contributed by atoms with van der Waals surface area (Å²) in [7, 11) is 3.79. The molecule has 2 aromatic rings. The second-order valence-electron chi connectivity index (χ2n) is 6.48. The van der Waals surface area contributed by atoms with Crippen LogP contribution in [-0.4, -0.2) is 36.7 Å². The molecule has 0 fully saturated rings. The van der Waals surface area contributed by atoms with E-state index in [1.807, 2.05) is 25.3 Å². The van der Waals surface area contributed by atoms with Crippen molar-refractivity contribution in [2.24, 2.45) is 0 Å². The summed E-state index contributed by atoms with van der Waals surface area (Å²) in [4.78, 5) is 13.7. The number of pyridine rings is 2. The molecular formula is C18H25N5O. The number of nitrogens with two attached hydrogens (primary N) is 1. The van der Waals surface area contributed by atoms with Crippen LogP contribution in [0.5, 0.6) is 5.75 Å². The van der Waals surface area contributed by atoms with Crippen LogP contribution in [-0.2, 0) is 6.54 Å². The third-order valence-electron chi connectivity index (χ3n) is 4.70. The second kappa shape index (κ2) is 6.19. The molecule has 1 atom stereocenters. The first kappa shape index (κ1) is 16.4. The Balaban J connectivity index is 2.02. The average Bonchev–Trinajstić information content (AvgIpc) is 2.53. The summed E-state index contributed by atoms with van der Waals surface area (Å²) >= 11 is 0. The van der Waals surface area contributed by atoms with Crippen LogP contribution in [0.2, 0.25) is 0 Å². The van der Waals surface area contributed by atoms with Crippen LogP contribution in [0.15, 0.2) is 18.3 Å². The standard InChI is InChI=1S/C18H25N5O/c1-11-8-20-14(13(3)17(11)24-5)10-23-12(2)9-22(4)15-6-7-16(19)21-18(15)23/h6-8,12H,9-10H2,1-5H3,(H2,19,21)/t12-/m1/s1. The fourth-order valence-electron chi connectivity index (χ4n) is 3.39. The van der Waals surface area contributed by atoms with Gasteiger partial charge < -0.3 is 20.3 Å². The lowest BCUT2D eigenvalue weighted by Crippen LogP contribution is -2.46. The molecular weight excluding hydrogens is 302 g/mol. The first-order valence-electron chi connectivity index (χ1n) is 8.15. The summed E-state index contributed by atoms with van der Waals surface area (Å²) in [6, 6.07) is 4.19. The number of ether oxygens (including phenoxy) is 1. The molecule has 0 bridgehead atoms. The van der Waals surface area contributed by atoms with E-state index in [4.69, 9.17) is 10.5 Å². The highest BCUT2D eigenvalue weighted by molar-refractivity contribution is 5.72. The molecule has 0 saturated carbocycles. The fraction of sp³-hybridized carbons (Fsp3) is 0.444. The van der Waals surface area contributed by atoms with Crippen LogP contribution >= 0.6 is 0 Å². The quantitative estimate of drug-likeness (QED) is 0.934. The van der Waals surface area contributed by atoms with Gasteiger partial charge in [-0.05, 0) is 32.9 Å². The van der Waals surface area contributed by atoms with Crippen LogP contribution in [0.3, 0.4) is 0 Å². The highest BCUT2D eigenvalue weighted by atomic mass is 16.5. The molecule has 0 spiro atoms. The lowest BCUT2D eigenvalue weighted by molar-refractivity contribution is 0.406. The molecule has 0 saturated heterocycles. The van der Waals surface area contributed by atoms with Crippen molar-refractivity contribution >= 4 is 17.3 Å². The van der Waals surface area contributed by atoms with Crippen LogP contribution < -0.4 is 20.3 Å². The van der Waals surface area contributed by atoms with E-state index in [0.717, 1.165) is 40.6 Å². The minimum atomic E-state index is 0.310. The molecule has 3 heterocycles. The van der Waals surface area contributed by atoms with Gasteiger partial charge in [0.15, 0.2) is 5.82 Å². The Morgan fingerprint density at radius 3 is 2.79 bits per heavy atom. The maximum Gasteiger partial charge on any atom is 0.155 e. The van der Waals surface area contributed by atoms with Crippen LogP contribution in [0.1, 0.15) is 23.7 Å². The monoisotopic (exact) mass is 327 g/mol. The van der Waals surface area contributed by atoms with Crippen molar-refractivity contribution in [3.05, 3.63) is 35.2 Å². The molecule has 1 aliphatic heterocycles. The summed E-state index contributed by atoms with van der Waals surface area (Å²) in [6.45, 7) is 7.88. The molecule has 24 heavy (non-hydrogen) atoms. The van der Waals surface area contributed by atoms with Gasteiger partial charge in [0.25, 0.3) is 0 Å². The van der Waals surface area contributed by atoms with Crippen molar-refractivity contribution in [1.29, 1.82) is 0 Å². The van der Waals surface area contributed by atoms with Gasteiger partial charge >= 0.3 is 0 Å². The van der Waals surface area contributed by atoms with E-state index < -0.39 is 0 Å². The molecule has 0 unspecified atom stereocenters. The van der Waals surface area contributed by atoms with E-state index in [-0.39, 0.29) is 0 Å². The van der Waals surface area contributed by atoms with Crippen molar-refractivity contribution in [2.45, 2.75) is 33.4 Å². The number of aryl methyl sites for hydroxylation is 1. The van der Waals surface area contributed by atoms with Crippen LogP contribution in [0, 0.1) is 13.8 Å². The van der Waals surface area contributed by atoms with Crippen molar-refractivity contribution < 1.29 is 4.74 Å². The average molecular weight is 327 g/mol. The zero-order valence-corrected chi connectivity index (χ0v) is 15.0. The predicted octanol–water partition coefficient (Wildman–Crippen LogP) is 2.53. The molecule has 0 radical (unpaired) electrons. The number of likely N-dealkylation sites (N-methyl/N-ethyl adjacent to an activating group) is 1. The molecule has 0 amide bonds. The lowest BCUT2D eigenvalue weighted by atomic mass is 10.1. The number of hydrogen-bond donors (Lipinski definition) is 1. The van der Waals surface area contributed by atoms with Gasteiger partial charge in [0.2, 0.25) is 0 Å². The molecule has 1 aliphatic rings. The van der Waals surface area contributed by atoms with E-state index in [1.54, 1.807) is 7.11 Å². The first-order valence-corrected chi connectivity index (χ1v) is 8.15. The third-order valence-corrected chi connectivity index (χ3v) is 4.70. The highest BCUT2D eigenvalue weighted by Gasteiger charge is 2.28. The molecule has 128 valence electrons. The number of methoxy groups -OCH3 is 1. The fourth-order valence-corrected chi connectivity index (χ4v) is 3.39. The van der Waals surface area contributed by atoms with Gasteiger partial charge in [-0.3, -0.25) is 4.98 Å². The lowest BCUT2D eigenvalue weighted by Gasteiger charge is -2.41. The summed E-state index contributed by atoms with van der Waals surface area (Å²) < 4.78 is 5.54. The summed E-state index contributed by atoms with van der Waals surface area (Å²) in [6.07, 6.45) is 1.87. The Kier molecular flexibility index (Phi) is 4.22. The molecule has 6 nitrogen and oxygen atoms in total.